The second-order valence-corrected chi connectivity index (χ2v) is 5.30. The molecular weight excluding hydrogens is 338 g/mol. The van der Waals surface area contributed by atoms with Crippen molar-refractivity contribution in [2.45, 2.75) is 20.4 Å². The van der Waals surface area contributed by atoms with Crippen LogP contribution in [0.5, 0.6) is 0 Å². The predicted octanol–water partition coefficient (Wildman–Crippen LogP) is 4.55. The topological polar surface area (TPSA) is 29.1 Å². The lowest BCUT2D eigenvalue weighted by molar-refractivity contribution is 0.103. The average Bonchev–Trinajstić information content (AvgIpc) is 2.52. The average molecular weight is 360 g/mol. The maximum atomic E-state index is 12.3. The standard InChI is InChI=1S/C19H21NO.BrH/c1-15(2)12-13-20-14-16-8-10-18(11-9-16)19(21)17-6-4-3-5-7-17;/h3-12,20H,13-14H2,1-2H3;1H. The van der Waals surface area contributed by atoms with E-state index in [4.69, 9.17) is 0 Å². The van der Waals surface area contributed by atoms with Crippen LogP contribution in [0.4, 0.5) is 0 Å². The van der Waals surface area contributed by atoms with Gasteiger partial charge in [-0.15, -0.1) is 17.0 Å². The van der Waals surface area contributed by atoms with Gasteiger partial charge >= 0.3 is 0 Å². The molecule has 0 saturated heterocycles. The van der Waals surface area contributed by atoms with Gasteiger partial charge in [-0.1, -0.05) is 66.2 Å². The largest absolute Gasteiger partial charge is 0.309 e. The first-order valence-electron chi connectivity index (χ1n) is 7.19. The van der Waals surface area contributed by atoms with Crippen LogP contribution < -0.4 is 5.32 Å². The number of hydrogen-bond donors (Lipinski definition) is 1. The summed E-state index contributed by atoms with van der Waals surface area (Å²) in [7, 11) is 0. The van der Waals surface area contributed by atoms with Gasteiger partial charge in [-0.2, -0.15) is 0 Å². The Kier molecular flexibility index (Phi) is 7.78. The van der Waals surface area contributed by atoms with Gasteiger partial charge in [-0.25, -0.2) is 0 Å². The molecule has 2 rings (SSSR count). The Hall–Kier alpha value is -1.71. The van der Waals surface area contributed by atoms with Crippen molar-refractivity contribution in [2.24, 2.45) is 0 Å². The van der Waals surface area contributed by atoms with Gasteiger partial charge in [0.1, 0.15) is 0 Å². The smallest absolute Gasteiger partial charge is 0.193 e. The fraction of sp³-hybridized carbons (Fsp3) is 0.211. The summed E-state index contributed by atoms with van der Waals surface area (Å²) in [5, 5.41) is 3.35. The van der Waals surface area contributed by atoms with E-state index in [9.17, 15) is 4.79 Å². The number of allylic oxidation sites excluding steroid dienone is 1. The molecule has 0 radical (unpaired) electrons. The van der Waals surface area contributed by atoms with E-state index in [0.717, 1.165) is 24.2 Å². The summed E-state index contributed by atoms with van der Waals surface area (Å²) < 4.78 is 0. The van der Waals surface area contributed by atoms with E-state index in [1.54, 1.807) is 0 Å². The number of halogens is 1. The van der Waals surface area contributed by atoms with Crippen molar-refractivity contribution >= 4 is 22.8 Å². The molecule has 0 unspecified atom stereocenters. The number of nitrogens with one attached hydrogen (secondary N) is 1. The monoisotopic (exact) mass is 359 g/mol. The molecule has 0 amide bonds. The van der Waals surface area contributed by atoms with E-state index in [1.165, 1.54) is 11.1 Å². The normalized spacial score (nSPS) is 9.73. The molecule has 22 heavy (non-hydrogen) atoms. The Bertz CT molecular complexity index is 614. The van der Waals surface area contributed by atoms with Gasteiger partial charge in [0.25, 0.3) is 0 Å². The van der Waals surface area contributed by atoms with Crippen LogP contribution in [0.3, 0.4) is 0 Å². The number of hydrogen-bond acceptors (Lipinski definition) is 2. The molecule has 0 aromatic heterocycles. The highest BCUT2D eigenvalue weighted by molar-refractivity contribution is 8.93. The van der Waals surface area contributed by atoms with Crippen molar-refractivity contribution in [1.82, 2.24) is 5.32 Å². The molecule has 0 spiro atoms. The lowest BCUT2D eigenvalue weighted by Gasteiger charge is -2.05. The molecule has 0 aliphatic carbocycles. The number of carbonyl (C=O) groups excluding carboxylic acids is 1. The third-order valence-corrected chi connectivity index (χ3v) is 3.24. The van der Waals surface area contributed by atoms with Crippen LogP contribution in [0.1, 0.15) is 35.3 Å². The molecule has 0 aliphatic heterocycles. The molecule has 0 aliphatic rings. The Balaban J connectivity index is 0.00000242. The molecule has 0 heterocycles. The van der Waals surface area contributed by atoms with Gasteiger partial charge in [0, 0.05) is 24.2 Å². The van der Waals surface area contributed by atoms with E-state index in [2.05, 4.69) is 25.2 Å². The molecule has 116 valence electrons. The highest BCUT2D eigenvalue weighted by Crippen LogP contribution is 2.11. The van der Waals surface area contributed by atoms with Crippen molar-refractivity contribution < 1.29 is 4.79 Å². The second-order valence-electron chi connectivity index (χ2n) is 5.30. The maximum absolute atomic E-state index is 12.3. The van der Waals surface area contributed by atoms with Crippen LogP contribution in [0.2, 0.25) is 0 Å². The fourth-order valence-corrected chi connectivity index (χ4v) is 2.02. The van der Waals surface area contributed by atoms with E-state index in [1.807, 2.05) is 54.6 Å². The number of carbonyl (C=O) groups is 1. The first-order valence-corrected chi connectivity index (χ1v) is 7.19. The Morgan fingerprint density at radius 1 is 0.955 bits per heavy atom. The quantitative estimate of drug-likeness (QED) is 0.465. The van der Waals surface area contributed by atoms with Crippen LogP contribution in [-0.4, -0.2) is 12.3 Å². The first-order chi connectivity index (χ1) is 10.2. The van der Waals surface area contributed by atoms with Crippen LogP contribution in [0.15, 0.2) is 66.2 Å². The molecule has 2 aromatic carbocycles. The minimum Gasteiger partial charge on any atom is -0.309 e. The van der Waals surface area contributed by atoms with Crippen molar-refractivity contribution in [1.29, 1.82) is 0 Å². The third kappa shape index (κ3) is 5.58. The van der Waals surface area contributed by atoms with E-state index in [-0.39, 0.29) is 22.8 Å². The van der Waals surface area contributed by atoms with Crippen molar-refractivity contribution in [3.05, 3.63) is 82.9 Å². The van der Waals surface area contributed by atoms with Gasteiger partial charge in [0.15, 0.2) is 5.78 Å². The molecule has 1 N–H and O–H groups in total. The van der Waals surface area contributed by atoms with Crippen molar-refractivity contribution in [2.75, 3.05) is 6.54 Å². The summed E-state index contributed by atoms with van der Waals surface area (Å²) in [5.41, 5.74) is 3.95. The molecular formula is C19H22BrNO. The lowest BCUT2D eigenvalue weighted by atomic mass is 10.0. The summed E-state index contributed by atoms with van der Waals surface area (Å²) in [6, 6.07) is 17.2. The van der Waals surface area contributed by atoms with Crippen molar-refractivity contribution in [3.63, 3.8) is 0 Å². The third-order valence-electron chi connectivity index (χ3n) is 3.24. The van der Waals surface area contributed by atoms with Crippen LogP contribution in [0, 0.1) is 0 Å². The summed E-state index contributed by atoms with van der Waals surface area (Å²) in [4.78, 5) is 12.3. The number of benzene rings is 2. The summed E-state index contributed by atoms with van der Waals surface area (Å²) >= 11 is 0. The van der Waals surface area contributed by atoms with Crippen LogP contribution in [0.25, 0.3) is 0 Å². The molecule has 0 fully saturated rings. The van der Waals surface area contributed by atoms with Gasteiger partial charge in [-0.3, -0.25) is 4.79 Å². The van der Waals surface area contributed by atoms with E-state index in [0.29, 0.717) is 0 Å². The summed E-state index contributed by atoms with van der Waals surface area (Å²) in [6.45, 7) is 5.86. The Morgan fingerprint density at radius 3 is 2.14 bits per heavy atom. The Labute approximate surface area is 143 Å². The van der Waals surface area contributed by atoms with E-state index < -0.39 is 0 Å². The van der Waals surface area contributed by atoms with Gasteiger partial charge in [0.05, 0.1) is 0 Å². The summed E-state index contributed by atoms with van der Waals surface area (Å²) in [6.07, 6.45) is 2.16. The predicted molar refractivity (Wildman–Crippen MR) is 97.8 cm³/mol. The highest BCUT2D eigenvalue weighted by atomic mass is 79.9. The van der Waals surface area contributed by atoms with Crippen LogP contribution >= 0.6 is 17.0 Å². The SMILES string of the molecule is Br.CC(C)=CCNCc1ccc(C(=O)c2ccccc2)cc1. The van der Waals surface area contributed by atoms with Gasteiger partial charge in [0.2, 0.25) is 0 Å². The van der Waals surface area contributed by atoms with Gasteiger partial charge in [-0.05, 0) is 19.4 Å². The first kappa shape index (κ1) is 18.3. The second kappa shape index (κ2) is 9.34. The molecule has 0 saturated carbocycles. The molecule has 0 atom stereocenters. The van der Waals surface area contributed by atoms with Gasteiger partial charge < -0.3 is 5.32 Å². The Morgan fingerprint density at radius 2 is 1.55 bits per heavy atom. The maximum Gasteiger partial charge on any atom is 0.193 e. The molecule has 0 bridgehead atoms. The summed E-state index contributed by atoms with van der Waals surface area (Å²) in [5.74, 6) is 0.0691. The molecule has 2 aromatic rings. The molecule has 2 nitrogen and oxygen atoms in total. The highest BCUT2D eigenvalue weighted by Gasteiger charge is 2.07. The zero-order valence-corrected chi connectivity index (χ0v) is 14.7. The molecule has 3 heteroatoms. The lowest BCUT2D eigenvalue weighted by Crippen LogP contribution is -2.13. The van der Waals surface area contributed by atoms with Crippen LogP contribution in [-0.2, 0) is 6.54 Å². The fourth-order valence-electron chi connectivity index (χ4n) is 2.02. The zero-order chi connectivity index (χ0) is 15.1. The van der Waals surface area contributed by atoms with Crippen molar-refractivity contribution in [3.8, 4) is 0 Å². The zero-order valence-electron chi connectivity index (χ0n) is 13.0. The minimum atomic E-state index is 0. The minimum absolute atomic E-state index is 0. The number of ketones is 1. The number of rotatable bonds is 6. The van der Waals surface area contributed by atoms with E-state index >= 15 is 0 Å².